The van der Waals surface area contributed by atoms with Crippen LogP contribution in [0.15, 0.2) is 18.2 Å². The summed E-state index contributed by atoms with van der Waals surface area (Å²) in [6.45, 7) is 0. The van der Waals surface area contributed by atoms with Gasteiger partial charge in [0.05, 0.1) is 6.10 Å². The first-order valence-corrected chi connectivity index (χ1v) is 5.85. The van der Waals surface area contributed by atoms with Gasteiger partial charge in [-0.25, -0.2) is 0 Å². The number of benzene rings is 1. The van der Waals surface area contributed by atoms with E-state index in [9.17, 15) is 5.11 Å². The maximum Gasteiger partial charge on any atom is 0.0801 e. The molecule has 0 spiro atoms. The fourth-order valence-corrected chi connectivity index (χ4v) is 2.74. The third-order valence-electron chi connectivity index (χ3n) is 2.26. The summed E-state index contributed by atoms with van der Waals surface area (Å²) < 4.78 is 0. The molecular formula is C10H11ClOS. The predicted octanol–water partition coefficient (Wildman–Crippen LogP) is 3.01. The minimum absolute atomic E-state index is 0.330. The number of aliphatic hydroxyl groups is 1. The van der Waals surface area contributed by atoms with E-state index in [0.29, 0.717) is 5.02 Å². The standard InChI is InChI=1S/C10H11ClOS/c11-8-2-1-7-6-13-4-3-10(12)9(7)5-8/h1-2,5,10,12H,3-4,6H2/t10-/m1/s1. The lowest BCUT2D eigenvalue weighted by molar-refractivity contribution is 0.175. The van der Waals surface area contributed by atoms with Crippen LogP contribution in [0.4, 0.5) is 0 Å². The van der Waals surface area contributed by atoms with E-state index in [1.165, 1.54) is 5.56 Å². The van der Waals surface area contributed by atoms with Crippen LogP contribution in [-0.4, -0.2) is 10.9 Å². The van der Waals surface area contributed by atoms with E-state index in [4.69, 9.17) is 11.6 Å². The monoisotopic (exact) mass is 214 g/mol. The van der Waals surface area contributed by atoms with Crippen molar-refractivity contribution in [1.29, 1.82) is 0 Å². The zero-order chi connectivity index (χ0) is 9.26. The van der Waals surface area contributed by atoms with Crippen LogP contribution in [0.2, 0.25) is 5.02 Å². The maximum absolute atomic E-state index is 9.79. The molecule has 1 nitrogen and oxygen atoms in total. The van der Waals surface area contributed by atoms with Crippen molar-refractivity contribution in [3.8, 4) is 0 Å². The topological polar surface area (TPSA) is 20.2 Å². The van der Waals surface area contributed by atoms with Crippen molar-refractivity contribution in [2.45, 2.75) is 18.3 Å². The minimum Gasteiger partial charge on any atom is -0.388 e. The molecular weight excluding hydrogens is 204 g/mol. The zero-order valence-electron chi connectivity index (χ0n) is 7.16. The average Bonchev–Trinajstić information content (AvgIpc) is 2.29. The van der Waals surface area contributed by atoms with Gasteiger partial charge in [-0.15, -0.1) is 0 Å². The van der Waals surface area contributed by atoms with Crippen LogP contribution in [0.1, 0.15) is 23.7 Å². The largest absolute Gasteiger partial charge is 0.388 e. The summed E-state index contributed by atoms with van der Waals surface area (Å²) in [4.78, 5) is 0. The molecule has 2 rings (SSSR count). The Labute approximate surface area is 87.1 Å². The molecule has 1 atom stereocenters. The van der Waals surface area contributed by atoms with Crippen LogP contribution >= 0.6 is 23.4 Å². The highest BCUT2D eigenvalue weighted by Crippen LogP contribution is 2.31. The average molecular weight is 215 g/mol. The number of aliphatic hydroxyl groups excluding tert-OH is 1. The fourth-order valence-electron chi connectivity index (χ4n) is 1.54. The molecule has 1 heterocycles. The number of thioether (sulfide) groups is 1. The molecule has 0 saturated carbocycles. The van der Waals surface area contributed by atoms with Crippen molar-refractivity contribution in [2.75, 3.05) is 5.75 Å². The Balaban J connectivity index is 2.43. The summed E-state index contributed by atoms with van der Waals surface area (Å²) in [5, 5.41) is 10.5. The lowest BCUT2D eigenvalue weighted by Gasteiger charge is -2.10. The molecule has 0 radical (unpaired) electrons. The molecule has 0 aromatic heterocycles. The summed E-state index contributed by atoms with van der Waals surface area (Å²) in [6, 6.07) is 5.78. The molecule has 13 heavy (non-hydrogen) atoms. The molecule has 0 unspecified atom stereocenters. The van der Waals surface area contributed by atoms with Gasteiger partial charge in [-0.3, -0.25) is 0 Å². The van der Waals surface area contributed by atoms with E-state index in [1.54, 1.807) is 0 Å². The highest BCUT2D eigenvalue weighted by atomic mass is 35.5. The lowest BCUT2D eigenvalue weighted by atomic mass is 10.0. The second kappa shape index (κ2) is 3.91. The highest BCUT2D eigenvalue weighted by Gasteiger charge is 2.16. The Hall–Kier alpha value is -0.180. The van der Waals surface area contributed by atoms with Gasteiger partial charge in [0.15, 0.2) is 0 Å². The van der Waals surface area contributed by atoms with Gasteiger partial charge in [0.1, 0.15) is 0 Å². The molecule has 1 aromatic carbocycles. The number of halogens is 1. The van der Waals surface area contributed by atoms with E-state index in [-0.39, 0.29) is 6.10 Å². The Bertz CT molecular complexity index is 314. The number of fused-ring (bicyclic) bond motifs is 1. The van der Waals surface area contributed by atoms with Crippen LogP contribution in [0.25, 0.3) is 0 Å². The molecule has 3 heteroatoms. The Kier molecular flexibility index (Phi) is 2.82. The Morgan fingerprint density at radius 1 is 1.46 bits per heavy atom. The fraction of sp³-hybridized carbons (Fsp3) is 0.400. The van der Waals surface area contributed by atoms with Crippen LogP contribution in [-0.2, 0) is 5.75 Å². The third-order valence-corrected chi connectivity index (χ3v) is 3.53. The minimum atomic E-state index is -0.330. The molecule has 0 fully saturated rings. The SMILES string of the molecule is O[C@@H]1CCSCc2ccc(Cl)cc21. The van der Waals surface area contributed by atoms with E-state index < -0.39 is 0 Å². The van der Waals surface area contributed by atoms with Gasteiger partial charge in [-0.2, -0.15) is 11.8 Å². The quantitative estimate of drug-likeness (QED) is 0.717. The molecule has 1 aliphatic rings. The Morgan fingerprint density at radius 2 is 2.31 bits per heavy atom. The first-order valence-electron chi connectivity index (χ1n) is 4.31. The molecule has 1 aliphatic heterocycles. The highest BCUT2D eigenvalue weighted by molar-refractivity contribution is 7.98. The molecule has 0 bridgehead atoms. The van der Waals surface area contributed by atoms with Gasteiger partial charge in [0, 0.05) is 10.8 Å². The molecule has 0 amide bonds. The van der Waals surface area contributed by atoms with Gasteiger partial charge in [0.2, 0.25) is 0 Å². The number of hydrogen-bond donors (Lipinski definition) is 1. The van der Waals surface area contributed by atoms with E-state index in [1.807, 2.05) is 30.0 Å². The number of hydrogen-bond acceptors (Lipinski definition) is 2. The van der Waals surface area contributed by atoms with E-state index in [2.05, 4.69) is 0 Å². The van der Waals surface area contributed by atoms with Crippen molar-refractivity contribution in [3.63, 3.8) is 0 Å². The maximum atomic E-state index is 9.79. The third kappa shape index (κ3) is 2.01. The smallest absolute Gasteiger partial charge is 0.0801 e. The Morgan fingerprint density at radius 3 is 3.15 bits per heavy atom. The zero-order valence-corrected chi connectivity index (χ0v) is 8.74. The van der Waals surface area contributed by atoms with Crippen molar-refractivity contribution in [3.05, 3.63) is 34.3 Å². The van der Waals surface area contributed by atoms with E-state index >= 15 is 0 Å². The van der Waals surface area contributed by atoms with Crippen LogP contribution in [0.5, 0.6) is 0 Å². The van der Waals surface area contributed by atoms with Crippen molar-refractivity contribution >= 4 is 23.4 Å². The molecule has 1 aromatic rings. The second-order valence-corrected chi connectivity index (χ2v) is 4.74. The molecule has 0 saturated heterocycles. The predicted molar refractivity (Wildman–Crippen MR) is 57.2 cm³/mol. The van der Waals surface area contributed by atoms with Gasteiger partial charge >= 0.3 is 0 Å². The summed E-state index contributed by atoms with van der Waals surface area (Å²) >= 11 is 7.74. The second-order valence-electron chi connectivity index (χ2n) is 3.20. The van der Waals surface area contributed by atoms with Gasteiger partial charge < -0.3 is 5.11 Å². The van der Waals surface area contributed by atoms with Crippen LogP contribution in [0, 0.1) is 0 Å². The normalized spacial score (nSPS) is 22.2. The molecule has 1 N–H and O–H groups in total. The van der Waals surface area contributed by atoms with Gasteiger partial charge in [-0.05, 0) is 35.4 Å². The first kappa shape index (κ1) is 9.38. The lowest BCUT2D eigenvalue weighted by Crippen LogP contribution is -1.99. The van der Waals surface area contributed by atoms with Crippen molar-refractivity contribution < 1.29 is 5.11 Å². The van der Waals surface area contributed by atoms with Crippen LogP contribution in [0.3, 0.4) is 0 Å². The summed E-state index contributed by atoms with van der Waals surface area (Å²) in [6.07, 6.45) is 0.501. The first-order chi connectivity index (χ1) is 6.27. The summed E-state index contributed by atoms with van der Waals surface area (Å²) in [5.41, 5.74) is 2.23. The van der Waals surface area contributed by atoms with Crippen molar-refractivity contribution in [2.24, 2.45) is 0 Å². The summed E-state index contributed by atoms with van der Waals surface area (Å²) in [5.74, 6) is 2.01. The van der Waals surface area contributed by atoms with Crippen molar-refractivity contribution in [1.82, 2.24) is 0 Å². The molecule has 70 valence electrons. The van der Waals surface area contributed by atoms with E-state index in [0.717, 1.165) is 23.5 Å². The van der Waals surface area contributed by atoms with Gasteiger partial charge in [-0.1, -0.05) is 17.7 Å². The van der Waals surface area contributed by atoms with Gasteiger partial charge in [0.25, 0.3) is 0 Å². The van der Waals surface area contributed by atoms with Crippen LogP contribution < -0.4 is 0 Å². The number of rotatable bonds is 0. The summed E-state index contributed by atoms with van der Waals surface area (Å²) in [7, 11) is 0. The molecule has 0 aliphatic carbocycles.